The van der Waals surface area contributed by atoms with E-state index < -0.39 is 5.97 Å². The number of nitrogens with one attached hydrogen (secondary N) is 2. The number of anilines is 1. The van der Waals surface area contributed by atoms with Gasteiger partial charge in [-0.1, -0.05) is 17.7 Å². The van der Waals surface area contributed by atoms with E-state index in [0.29, 0.717) is 30.2 Å². The maximum absolute atomic E-state index is 12.1. The molecule has 166 valence electrons. The van der Waals surface area contributed by atoms with Crippen LogP contribution in [0.3, 0.4) is 0 Å². The fourth-order valence-electron chi connectivity index (χ4n) is 4.00. The van der Waals surface area contributed by atoms with Gasteiger partial charge >= 0.3 is 12.0 Å². The molecule has 2 aromatic carbocycles. The molecule has 0 fully saturated rings. The Kier molecular flexibility index (Phi) is 8.14. The standard InChI is InChI=1S/C23H28ClN3O4/c24-17-6-8-18(9-7-17)26-23(31)25-12-2-14-27(13-1-3-22(29)30)21-11-5-16-4-10-19(28)15-20(16)21/h4,6-10,15,21,28H,1-3,5,11-14H2,(H,29,30)(H2,25,26,31). The van der Waals surface area contributed by atoms with Crippen molar-refractivity contribution in [1.29, 1.82) is 0 Å². The molecule has 7 nitrogen and oxygen atoms in total. The van der Waals surface area contributed by atoms with Crippen molar-refractivity contribution >= 4 is 29.3 Å². The van der Waals surface area contributed by atoms with E-state index in [0.717, 1.165) is 31.4 Å². The van der Waals surface area contributed by atoms with Gasteiger partial charge in [-0.05, 0) is 79.8 Å². The Morgan fingerprint density at radius 2 is 1.84 bits per heavy atom. The number of carboxylic acid groups (broad SMARTS) is 1. The molecular weight excluding hydrogens is 418 g/mol. The van der Waals surface area contributed by atoms with Crippen LogP contribution in [0.2, 0.25) is 5.02 Å². The average Bonchev–Trinajstić information content (AvgIpc) is 3.14. The molecular formula is C23H28ClN3O4. The molecule has 1 atom stereocenters. The van der Waals surface area contributed by atoms with E-state index in [1.54, 1.807) is 30.3 Å². The summed E-state index contributed by atoms with van der Waals surface area (Å²) >= 11 is 5.85. The molecule has 0 aromatic heterocycles. The lowest BCUT2D eigenvalue weighted by Gasteiger charge is -2.29. The van der Waals surface area contributed by atoms with E-state index >= 15 is 0 Å². The second-order valence-corrected chi connectivity index (χ2v) is 8.15. The molecule has 8 heteroatoms. The third kappa shape index (κ3) is 6.87. The number of urea groups is 1. The third-order valence-electron chi connectivity index (χ3n) is 5.46. The number of aliphatic carboxylic acids is 1. The number of hydrogen-bond donors (Lipinski definition) is 4. The molecule has 2 amide bonds. The van der Waals surface area contributed by atoms with Crippen LogP contribution in [0, 0.1) is 0 Å². The van der Waals surface area contributed by atoms with Crippen LogP contribution in [-0.4, -0.2) is 46.7 Å². The van der Waals surface area contributed by atoms with Crippen molar-refractivity contribution in [2.75, 3.05) is 25.0 Å². The number of phenols is 1. The minimum absolute atomic E-state index is 0.123. The van der Waals surface area contributed by atoms with Gasteiger partial charge in [0.25, 0.3) is 0 Å². The van der Waals surface area contributed by atoms with Crippen molar-refractivity contribution in [1.82, 2.24) is 10.2 Å². The van der Waals surface area contributed by atoms with Crippen LogP contribution in [0.15, 0.2) is 42.5 Å². The summed E-state index contributed by atoms with van der Waals surface area (Å²) in [7, 11) is 0. The van der Waals surface area contributed by atoms with Gasteiger partial charge in [0.2, 0.25) is 0 Å². The van der Waals surface area contributed by atoms with Gasteiger partial charge in [-0.2, -0.15) is 0 Å². The number of phenolic OH excluding ortho intramolecular Hbond substituents is 1. The first kappa shape index (κ1) is 22.9. The number of carbonyl (C=O) groups excluding carboxylic acids is 1. The minimum atomic E-state index is -0.801. The smallest absolute Gasteiger partial charge is 0.319 e. The highest BCUT2D eigenvalue weighted by Gasteiger charge is 2.28. The lowest BCUT2D eigenvalue weighted by Crippen LogP contribution is -2.34. The Hall–Kier alpha value is -2.77. The zero-order valence-electron chi connectivity index (χ0n) is 17.3. The third-order valence-corrected chi connectivity index (χ3v) is 5.71. The van der Waals surface area contributed by atoms with Gasteiger partial charge in [-0.3, -0.25) is 9.69 Å². The predicted molar refractivity (Wildman–Crippen MR) is 121 cm³/mol. The number of aromatic hydroxyl groups is 1. The molecule has 0 heterocycles. The molecule has 1 aliphatic carbocycles. The number of carbonyl (C=O) groups is 2. The van der Waals surface area contributed by atoms with Gasteiger partial charge in [0.15, 0.2) is 0 Å². The highest BCUT2D eigenvalue weighted by atomic mass is 35.5. The molecule has 1 aliphatic rings. The average molecular weight is 446 g/mol. The van der Waals surface area contributed by atoms with Gasteiger partial charge in [-0.25, -0.2) is 4.79 Å². The van der Waals surface area contributed by atoms with E-state index in [2.05, 4.69) is 15.5 Å². The highest BCUT2D eigenvalue weighted by Crippen LogP contribution is 2.37. The number of hydrogen-bond acceptors (Lipinski definition) is 4. The second-order valence-electron chi connectivity index (χ2n) is 7.71. The summed E-state index contributed by atoms with van der Waals surface area (Å²) in [5.41, 5.74) is 3.01. The summed E-state index contributed by atoms with van der Waals surface area (Å²) in [6, 6.07) is 12.2. The predicted octanol–water partition coefficient (Wildman–Crippen LogP) is 4.41. The largest absolute Gasteiger partial charge is 0.508 e. The summed E-state index contributed by atoms with van der Waals surface area (Å²) in [4.78, 5) is 25.3. The zero-order chi connectivity index (χ0) is 22.2. The van der Waals surface area contributed by atoms with Crippen molar-refractivity contribution in [2.45, 2.75) is 38.1 Å². The van der Waals surface area contributed by atoms with Gasteiger partial charge < -0.3 is 20.8 Å². The Balaban J connectivity index is 1.52. The number of rotatable bonds is 10. The maximum Gasteiger partial charge on any atom is 0.319 e. The molecule has 3 rings (SSSR count). The number of benzene rings is 2. The van der Waals surface area contributed by atoms with Crippen LogP contribution in [0.5, 0.6) is 5.75 Å². The molecule has 0 spiro atoms. The molecule has 1 unspecified atom stereocenters. The van der Waals surface area contributed by atoms with Gasteiger partial charge in [0.05, 0.1) is 0 Å². The number of carboxylic acids is 1. The van der Waals surface area contributed by atoms with Gasteiger partial charge in [0.1, 0.15) is 5.75 Å². The number of fused-ring (bicyclic) bond motifs is 1. The van der Waals surface area contributed by atoms with Crippen molar-refractivity contribution in [3.8, 4) is 5.75 Å². The number of amides is 2. The Bertz CT molecular complexity index is 904. The van der Waals surface area contributed by atoms with E-state index in [9.17, 15) is 14.7 Å². The topological polar surface area (TPSA) is 102 Å². The summed E-state index contributed by atoms with van der Waals surface area (Å²) in [6.07, 6.45) is 3.29. The van der Waals surface area contributed by atoms with Crippen LogP contribution < -0.4 is 10.6 Å². The Labute approximate surface area is 187 Å². The van der Waals surface area contributed by atoms with Crippen molar-refractivity contribution < 1.29 is 19.8 Å². The van der Waals surface area contributed by atoms with Crippen molar-refractivity contribution in [2.24, 2.45) is 0 Å². The molecule has 4 N–H and O–H groups in total. The first-order valence-corrected chi connectivity index (χ1v) is 10.9. The van der Waals surface area contributed by atoms with Gasteiger partial charge in [0, 0.05) is 36.3 Å². The van der Waals surface area contributed by atoms with Crippen molar-refractivity contribution in [3.05, 3.63) is 58.6 Å². The number of halogens is 1. The summed E-state index contributed by atoms with van der Waals surface area (Å²) < 4.78 is 0. The van der Waals surface area contributed by atoms with Crippen LogP contribution in [0.4, 0.5) is 10.5 Å². The van der Waals surface area contributed by atoms with Crippen LogP contribution >= 0.6 is 11.6 Å². The monoisotopic (exact) mass is 445 g/mol. The lowest BCUT2D eigenvalue weighted by atomic mass is 10.1. The molecule has 31 heavy (non-hydrogen) atoms. The molecule has 0 saturated heterocycles. The Morgan fingerprint density at radius 3 is 2.58 bits per heavy atom. The normalized spacial score (nSPS) is 15.0. The Morgan fingerprint density at radius 1 is 1.10 bits per heavy atom. The van der Waals surface area contributed by atoms with Crippen LogP contribution in [-0.2, 0) is 11.2 Å². The summed E-state index contributed by atoms with van der Waals surface area (Å²) in [6.45, 7) is 1.87. The molecule has 0 bridgehead atoms. The molecule has 0 radical (unpaired) electrons. The van der Waals surface area contributed by atoms with Crippen LogP contribution in [0.1, 0.15) is 42.9 Å². The fourth-order valence-corrected chi connectivity index (χ4v) is 4.12. The van der Waals surface area contributed by atoms with E-state index in [-0.39, 0.29) is 24.2 Å². The highest BCUT2D eigenvalue weighted by molar-refractivity contribution is 6.30. The lowest BCUT2D eigenvalue weighted by molar-refractivity contribution is -0.137. The summed E-state index contributed by atoms with van der Waals surface area (Å²) in [5, 5.41) is 25.1. The minimum Gasteiger partial charge on any atom is -0.508 e. The molecule has 2 aromatic rings. The fraction of sp³-hybridized carbons (Fsp3) is 0.391. The van der Waals surface area contributed by atoms with Crippen LogP contribution in [0.25, 0.3) is 0 Å². The van der Waals surface area contributed by atoms with E-state index in [4.69, 9.17) is 16.7 Å². The SMILES string of the molecule is O=C(O)CCCN(CCCNC(=O)Nc1ccc(Cl)cc1)C1CCc2ccc(O)cc21. The first-order valence-electron chi connectivity index (χ1n) is 10.5. The first-order chi connectivity index (χ1) is 14.9. The zero-order valence-corrected chi connectivity index (χ0v) is 18.1. The number of aryl methyl sites for hydroxylation is 1. The summed E-state index contributed by atoms with van der Waals surface area (Å²) in [5.74, 6) is -0.554. The second kappa shape index (κ2) is 11.0. The van der Waals surface area contributed by atoms with E-state index in [1.807, 2.05) is 12.1 Å². The van der Waals surface area contributed by atoms with E-state index in [1.165, 1.54) is 5.56 Å². The quantitative estimate of drug-likeness (QED) is 0.406. The number of nitrogens with zero attached hydrogens (tertiary/aromatic N) is 1. The maximum atomic E-state index is 12.1. The molecule has 0 saturated carbocycles. The van der Waals surface area contributed by atoms with Gasteiger partial charge in [-0.15, -0.1) is 0 Å². The van der Waals surface area contributed by atoms with Crippen molar-refractivity contribution in [3.63, 3.8) is 0 Å². The molecule has 0 aliphatic heterocycles.